The van der Waals surface area contributed by atoms with Crippen LogP contribution in [0.25, 0.3) is 20.7 Å². The Kier molecular flexibility index (Phi) is 4.73. The van der Waals surface area contributed by atoms with Crippen LogP contribution in [0.2, 0.25) is 0 Å². The van der Waals surface area contributed by atoms with Gasteiger partial charge in [-0.1, -0.05) is 30.3 Å². The number of nitrogens with zero attached hydrogens (tertiary/aromatic N) is 3. The summed E-state index contributed by atoms with van der Waals surface area (Å²) in [4.78, 5) is 31.6. The second-order valence-corrected chi connectivity index (χ2v) is 8.23. The van der Waals surface area contributed by atoms with E-state index >= 15 is 0 Å². The van der Waals surface area contributed by atoms with Crippen LogP contribution in [0, 0.1) is 18.3 Å². The van der Waals surface area contributed by atoms with E-state index in [4.69, 9.17) is 0 Å². The van der Waals surface area contributed by atoms with E-state index in [1.165, 1.54) is 22.2 Å². The van der Waals surface area contributed by atoms with Gasteiger partial charge in [0.15, 0.2) is 0 Å². The molecule has 28 heavy (non-hydrogen) atoms. The average molecular weight is 392 g/mol. The monoisotopic (exact) mass is 392 g/mol. The highest BCUT2D eigenvalue weighted by Crippen LogP contribution is 2.35. The first-order chi connectivity index (χ1) is 13.5. The number of thiophene rings is 1. The number of carbonyl (C=O) groups is 1. The Labute approximate surface area is 166 Å². The van der Waals surface area contributed by atoms with Crippen molar-refractivity contribution in [1.29, 1.82) is 5.26 Å². The largest absolute Gasteiger partial charge is 0.336 e. The highest BCUT2D eigenvalue weighted by molar-refractivity contribution is 7.22. The molecule has 0 unspecified atom stereocenters. The van der Waals surface area contributed by atoms with Gasteiger partial charge in [-0.15, -0.1) is 11.3 Å². The Balaban J connectivity index is 1.65. The first kappa shape index (κ1) is 18.4. The molecule has 1 fully saturated rings. The fourth-order valence-corrected chi connectivity index (χ4v) is 4.99. The fraction of sp³-hybridized carbons (Fsp3) is 0.333. The molecule has 2 heterocycles. The van der Waals surface area contributed by atoms with E-state index < -0.39 is 5.54 Å². The minimum absolute atomic E-state index is 0.138. The number of benzene rings is 1. The lowest BCUT2D eigenvalue weighted by Crippen LogP contribution is -2.47. The van der Waals surface area contributed by atoms with E-state index in [1.807, 2.05) is 37.3 Å². The fourth-order valence-electron chi connectivity index (χ4n) is 3.84. The number of amides is 1. The average Bonchev–Trinajstić information content (AvgIpc) is 3.30. The molecule has 1 aliphatic carbocycles. The van der Waals surface area contributed by atoms with E-state index in [0.29, 0.717) is 23.1 Å². The maximum atomic E-state index is 13.0. The number of nitrogens with one attached hydrogen (secondary N) is 1. The van der Waals surface area contributed by atoms with Crippen LogP contribution in [-0.4, -0.2) is 21.0 Å². The summed E-state index contributed by atoms with van der Waals surface area (Å²) in [7, 11) is 0. The number of aryl methyl sites for hydroxylation is 1. The molecule has 1 aromatic carbocycles. The van der Waals surface area contributed by atoms with E-state index in [1.54, 1.807) is 0 Å². The van der Waals surface area contributed by atoms with E-state index in [9.17, 15) is 14.9 Å². The standard InChI is InChI=1S/C21H20N4O2S/c1-14-17-19(28-18(14)15-7-3-2-4-8-15)23-13-25(20(17)27)11-16(26)24-21(12-22)9-5-6-10-21/h2-4,7-8,13H,5-6,9-11H2,1H3,(H,24,26). The third-order valence-corrected chi connectivity index (χ3v) is 6.57. The Morgan fingerprint density at radius 2 is 2.04 bits per heavy atom. The van der Waals surface area contributed by atoms with E-state index in [0.717, 1.165) is 28.8 Å². The van der Waals surface area contributed by atoms with Gasteiger partial charge in [-0.3, -0.25) is 14.2 Å². The molecule has 0 radical (unpaired) electrons. The topological polar surface area (TPSA) is 87.8 Å². The van der Waals surface area contributed by atoms with E-state index in [-0.39, 0.29) is 18.0 Å². The van der Waals surface area contributed by atoms with Crippen molar-refractivity contribution in [3.63, 3.8) is 0 Å². The predicted octanol–water partition coefficient (Wildman–Crippen LogP) is 3.39. The molecule has 0 atom stereocenters. The van der Waals surface area contributed by atoms with Gasteiger partial charge in [0.25, 0.3) is 5.56 Å². The van der Waals surface area contributed by atoms with Gasteiger partial charge in [-0.2, -0.15) is 5.26 Å². The summed E-state index contributed by atoms with van der Waals surface area (Å²) in [6.07, 6.45) is 4.59. The molecular weight excluding hydrogens is 372 g/mol. The lowest BCUT2D eigenvalue weighted by Gasteiger charge is -2.22. The van der Waals surface area contributed by atoms with Crippen molar-refractivity contribution >= 4 is 27.5 Å². The number of carbonyl (C=O) groups excluding carboxylic acids is 1. The minimum Gasteiger partial charge on any atom is -0.336 e. The summed E-state index contributed by atoms with van der Waals surface area (Å²) in [5.41, 5.74) is 0.900. The van der Waals surface area contributed by atoms with Crippen molar-refractivity contribution in [2.75, 3.05) is 0 Å². The number of fused-ring (bicyclic) bond motifs is 1. The zero-order valence-electron chi connectivity index (χ0n) is 15.6. The maximum absolute atomic E-state index is 13.0. The van der Waals surface area contributed by atoms with Crippen molar-refractivity contribution in [2.24, 2.45) is 0 Å². The van der Waals surface area contributed by atoms with Gasteiger partial charge in [-0.05, 0) is 43.7 Å². The summed E-state index contributed by atoms with van der Waals surface area (Å²) >= 11 is 1.48. The summed E-state index contributed by atoms with van der Waals surface area (Å²) in [6, 6.07) is 12.1. The molecule has 1 amide bonds. The zero-order chi connectivity index (χ0) is 19.7. The number of rotatable bonds is 4. The van der Waals surface area contributed by atoms with Gasteiger partial charge < -0.3 is 5.32 Å². The smallest absolute Gasteiger partial charge is 0.262 e. The Hall–Kier alpha value is -2.98. The molecule has 1 saturated carbocycles. The van der Waals surface area contributed by atoms with Crippen LogP contribution >= 0.6 is 11.3 Å². The van der Waals surface area contributed by atoms with Crippen molar-refractivity contribution < 1.29 is 4.79 Å². The molecule has 0 bridgehead atoms. The van der Waals surface area contributed by atoms with Crippen LogP contribution in [-0.2, 0) is 11.3 Å². The van der Waals surface area contributed by atoms with E-state index in [2.05, 4.69) is 16.4 Å². The minimum atomic E-state index is -0.795. The number of hydrogen-bond acceptors (Lipinski definition) is 5. The molecule has 142 valence electrons. The van der Waals surface area contributed by atoms with Crippen LogP contribution in [0.1, 0.15) is 31.2 Å². The molecule has 2 aromatic heterocycles. The lowest BCUT2D eigenvalue weighted by atomic mass is 10.00. The first-order valence-corrected chi connectivity index (χ1v) is 10.1. The molecule has 0 spiro atoms. The Bertz CT molecular complexity index is 1130. The Morgan fingerprint density at radius 1 is 1.32 bits per heavy atom. The van der Waals surface area contributed by atoms with Gasteiger partial charge >= 0.3 is 0 Å². The molecule has 4 rings (SSSR count). The van der Waals surface area contributed by atoms with Crippen LogP contribution in [0.15, 0.2) is 41.5 Å². The molecule has 7 heteroatoms. The lowest BCUT2D eigenvalue weighted by molar-refractivity contribution is -0.123. The normalized spacial score (nSPS) is 15.4. The van der Waals surface area contributed by atoms with Gasteiger partial charge in [-0.25, -0.2) is 4.98 Å². The third-order valence-electron chi connectivity index (χ3n) is 5.32. The zero-order valence-corrected chi connectivity index (χ0v) is 16.4. The van der Waals surface area contributed by atoms with Gasteiger partial charge in [0.1, 0.15) is 16.9 Å². The van der Waals surface area contributed by atoms with Gasteiger partial charge in [0, 0.05) is 4.88 Å². The summed E-state index contributed by atoms with van der Waals surface area (Å²) in [6.45, 7) is 1.78. The molecular formula is C21H20N4O2S. The molecule has 0 saturated heterocycles. The van der Waals surface area contributed by atoms with Crippen molar-refractivity contribution in [2.45, 2.75) is 44.7 Å². The molecule has 1 aliphatic rings. The second kappa shape index (κ2) is 7.21. The predicted molar refractivity (Wildman–Crippen MR) is 109 cm³/mol. The SMILES string of the molecule is Cc1c(-c2ccccc2)sc2ncn(CC(=O)NC3(C#N)CCCC3)c(=O)c12. The Morgan fingerprint density at radius 3 is 2.71 bits per heavy atom. The van der Waals surface area contributed by atoms with Crippen molar-refractivity contribution in [3.05, 3.63) is 52.6 Å². The molecule has 0 aliphatic heterocycles. The van der Waals surface area contributed by atoms with Gasteiger partial charge in [0.2, 0.25) is 5.91 Å². The number of aromatic nitrogens is 2. The summed E-state index contributed by atoms with van der Waals surface area (Å²) < 4.78 is 1.33. The third kappa shape index (κ3) is 3.20. The molecule has 6 nitrogen and oxygen atoms in total. The van der Waals surface area contributed by atoms with Crippen LogP contribution < -0.4 is 10.9 Å². The van der Waals surface area contributed by atoms with Crippen molar-refractivity contribution in [1.82, 2.24) is 14.9 Å². The maximum Gasteiger partial charge on any atom is 0.262 e. The summed E-state index contributed by atoms with van der Waals surface area (Å²) in [5.74, 6) is -0.331. The quantitative estimate of drug-likeness (QED) is 0.737. The first-order valence-electron chi connectivity index (χ1n) is 9.29. The van der Waals surface area contributed by atoms with Crippen molar-refractivity contribution in [3.8, 4) is 16.5 Å². The van der Waals surface area contributed by atoms with Crippen LogP contribution in [0.3, 0.4) is 0 Å². The van der Waals surface area contributed by atoms with Gasteiger partial charge in [0.05, 0.1) is 17.8 Å². The highest BCUT2D eigenvalue weighted by Gasteiger charge is 2.35. The van der Waals surface area contributed by atoms with Crippen LogP contribution in [0.5, 0.6) is 0 Å². The second-order valence-electron chi connectivity index (χ2n) is 7.23. The number of hydrogen-bond donors (Lipinski definition) is 1. The number of nitriles is 1. The molecule has 3 aromatic rings. The highest BCUT2D eigenvalue weighted by atomic mass is 32.1. The van der Waals surface area contributed by atoms with Crippen LogP contribution in [0.4, 0.5) is 0 Å². The summed E-state index contributed by atoms with van der Waals surface area (Å²) in [5, 5.41) is 12.8. The molecule has 1 N–H and O–H groups in total.